The number of unbranched alkanes of at least 4 members (excludes halogenated alkanes) is 6. The first-order chi connectivity index (χ1) is 8.75. The van der Waals surface area contributed by atoms with Crippen LogP contribution in [0.4, 0.5) is 0 Å². The van der Waals surface area contributed by atoms with Crippen LogP contribution in [0.3, 0.4) is 0 Å². The molecule has 1 aliphatic rings. The van der Waals surface area contributed by atoms with Gasteiger partial charge in [-0.2, -0.15) is 0 Å². The molecule has 1 heterocycles. The Bertz CT molecular complexity index is 247. The van der Waals surface area contributed by atoms with E-state index < -0.39 is 17.9 Å². The highest BCUT2D eigenvalue weighted by atomic mass is 17.7. The van der Waals surface area contributed by atoms with Crippen molar-refractivity contribution in [1.29, 1.82) is 0 Å². The summed E-state index contributed by atoms with van der Waals surface area (Å²) in [6.45, 7) is 2.17. The van der Waals surface area contributed by atoms with Crippen molar-refractivity contribution in [2.45, 2.75) is 58.3 Å². The molecule has 0 saturated carbocycles. The van der Waals surface area contributed by atoms with Gasteiger partial charge in [0.1, 0.15) is 0 Å². The normalized spacial score (nSPS) is 17.2. The van der Waals surface area contributed by atoms with Crippen molar-refractivity contribution in [1.82, 2.24) is 0 Å². The minimum absolute atomic E-state index is 0.401. The standard InChI is InChI=1S/C12H20O6/c1-2-3-4-5-6-7-8-9-10-11(13)15-17-18-16-12(10)14/h10H,2-9H2,1H3. The van der Waals surface area contributed by atoms with Crippen molar-refractivity contribution in [2.75, 3.05) is 0 Å². The summed E-state index contributed by atoms with van der Waals surface area (Å²) in [4.78, 5) is 31.0. The summed E-state index contributed by atoms with van der Waals surface area (Å²) in [7, 11) is 0. The third-order valence-electron chi connectivity index (χ3n) is 2.93. The molecule has 0 unspecified atom stereocenters. The van der Waals surface area contributed by atoms with Crippen molar-refractivity contribution in [3.8, 4) is 0 Å². The lowest BCUT2D eigenvalue weighted by Gasteiger charge is -2.06. The molecule has 0 spiro atoms. The molecular formula is C12H20O6. The van der Waals surface area contributed by atoms with E-state index in [0.29, 0.717) is 6.42 Å². The average molecular weight is 260 g/mol. The van der Waals surface area contributed by atoms with Crippen LogP contribution in [0.15, 0.2) is 0 Å². The van der Waals surface area contributed by atoms with Gasteiger partial charge in [-0.3, -0.25) is 9.78 Å². The Labute approximate surface area is 106 Å². The van der Waals surface area contributed by atoms with Crippen molar-refractivity contribution >= 4 is 11.9 Å². The fourth-order valence-corrected chi connectivity index (χ4v) is 1.85. The monoisotopic (exact) mass is 260 g/mol. The second-order valence-electron chi connectivity index (χ2n) is 4.40. The third-order valence-corrected chi connectivity index (χ3v) is 2.93. The van der Waals surface area contributed by atoms with Gasteiger partial charge in [-0.05, 0) is 6.42 Å². The summed E-state index contributed by atoms with van der Waals surface area (Å²) < 4.78 is 0. The second-order valence-corrected chi connectivity index (χ2v) is 4.40. The summed E-state index contributed by atoms with van der Waals surface area (Å²) in [6, 6.07) is 0. The van der Waals surface area contributed by atoms with Crippen LogP contribution in [0.1, 0.15) is 58.3 Å². The van der Waals surface area contributed by atoms with Gasteiger partial charge in [0.25, 0.3) is 0 Å². The van der Waals surface area contributed by atoms with Gasteiger partial charge in [0, 0.05) is 10.1 Å². The van der Waals surface area contributed by atoms with E-state index >= 15 is 0 Å². The number of carbonyl (C=O) groups excluding carboxylic acids is 2. The van der Waals surface area contributed by atoms with Gasteiger partial charge in [0.15, 0.2) is 5.92 Å². The Morgan fingerprint density at radius 1 is 0.833 bits per heavy atom. The number of hydrogen-bond donors (Lipinski definition) is 0. The molecule has 0 bridgehead atoms. The fraction of sp³-hybridized carbons (Fsp3) is 0.833. The van der Waals surface area contributed by atoms with Crippen molar-refractivity contribution in [3.05, 3.63) is 0 Å². The first kappa shape index (κ1) is 14.9. The van der Waals surface area contributed by atoms with Crippen LogP contribution in [-0.4, -0.2) is 11.9 Å². The SMILES string of the molecule is CCCCCCCCCC1C(=O)OOOOC1=O. The van der Waals surface area contributed by atoms with Gasteiger partial charge in [-0.15, -0.1) is 0 Å². The van der Waals surface area contributed by atoms with Crippen molar-refractivity contribution in [2.24, 2.45) is 5.92 Å². The number of hydrogen-bond acceptors (Lipinski definition) is 6. The first-order valence-corrected chi connectivity index (χ1v) is 6.51. The molecule has 1 fully saturated rings. The Balaban J connectivity index is 2.12. The lowest BCUT2D eigenvalue weighted by molar-refractivity contribution is -0.594. The Hall–Kier alpha value is -1.14. The smallest absolute Gasteiger partial charge is 0.265 e. The van der Waals surface area contributed by atoms with Crippen LogP contribution in [0, 0.1) is 5.92 Å². The van der Waals surface area contributed by atoms with Crippen LogP contribution in [0.25, 0.3) is 0 Å². The largest absolute Gasteiger partial charge is 0.360 e. The second kappa shape index (κ2) is 8.88. The van der Waals surface area contributed by atoms with E-state index in [1.165, 1.54) is 25.7 Å². The molecule has 1 rings (SSSR count). The van der Waals surface area contributed by atoms with E-state index in [0.717, 1.165) is 19.3 Å². The van der Waals surface area contributed by atoms with Crippen LogP contribution in [0.2, 0.25) is 0 Å². The maximum absolute atomic E-state index is 11.3. The van der Waals surface area contributed by atoms with Gasteiger partial charge in [-0.25, -0.2) is 9.59 Å². The Morgan fingerprint density at radius 3 is 1.89 bits per heavy atom. The van der Waals surface area contributed by atoms with Gasteiger partial charge < -0.3 is 0 Å². The summed E-state index contributed by atoms with van der Waals surface area (Å²) in [5, 5.41) is 7.77. The molecule has 0 amide bonds. The molecule has 0 N–H and O–H groups in total. The first-order valence-electron chi connectivity index (χ1n) is 6.51. The Morgan fingerprint density at radius 2 is 1.33 bits per heavy atom. The van der Waals surface area contributed by atoms with Crippen molar-refractivity contribution < 1.29 is 29.4 Å². The molecule has 0 aromatic heterocycles. The predicted molar refractivity (Wildman–Crippen MR) is 60.5 cm³/mol. The van der Waals surface area contributed by atoms with Gasteiger partial charge in [-0.1, -0.05) is 51.9 Å². The van der Waals surface area contributed by atoms with Gasteiger partial charge in [0.2, 0.25) is 0 Å². The van der Waals surface area contributed by atoms with E-state index in [9.17, 15) is 9.59 Å². The molecule has 0 atom stereocenters. The number of carbonyl (C=O) groups is 2. The molecular weight excluding hydrogens is 240 g/mol. The zero-order valence-corrected chi connectivity index (χ0v) is 10.7. The number of rotatable bonds is 8. The fourth-order valence-electron chi connectivity index (χ4n) is 1.85. The molecule has 0 aromatic rings. The van der Waals surface area contributed by atoms with Gasteiger partial charge in [0.05, 0.1) is 0 Å². The maximum atomic E-state index is 11.3. The van der Waals surface area contributed by atoms with E-state index in [1.54, 1.807) is 0 Å². The summed E-state index contributed by atoms with van der Waals surface area (Å²) in [5.74, 6) is -2.46. The molecule has 1 aliphatic heterocycles. The summed E-state index contributed by atoms with van der Waals surface area (Å²) in [6.07, 6.45) is 8.20. The molecule has 0 radical (unpaired) electrons. The molecule has 6 heteroatoms. The van der Waals surface area contributed by atoms with Crippen LogP contribution < -0.4 is 0 Å². The molecule has 1 saturated heterocycles. The lowest BCUT2D eigenvalue weighted by Crippen LogP contribution is -2.24. The van der Waals surface area contributed by atoms with Crippen LogP contribution in [0.5, 0.6) is 0 Å². The van der Waals surface area contributed by atoms with E-state index in [4.69, 9.17) is 0 Å². The minimum atomic E-state index is -0.942. The highest BCUT2D eigenvalue weighted by molar-refractivity contribution is 5.94. The van der Waals surface area contributed by atoms with Crippen molar-refractivity contribution in [3.63, 3.8) is 0 Å². The van der Waals surface area contributed by atoms with E-state index in [2.05, 4.69) is 26.8 Å². The van der Waals surface area contributed by atoms with E-state index in [-0.39, 0.29) is 0 Å². The van der Waals surface area contributed by atoms with Crippen LogP contribution in [-0.2, 0) is 29.4 Å². The molecule has 0 aromatic carbocycles. The third kappa shape index (κ3) is 5.46. The quantitative estimate of drug-likeness (QED) is 0.379. The molecule has 104 valence electrons. The molecule has 6 nitrogen and oxygen atoms in total. The molecule has 0 aliphatic carbocycles. The lowest BCUT2D eigenvalue weighted by atomic mass is 10.0. The van der Waals surface area contributed by atoms with Gasteiger partial charge >= 0.3 is 11.9 Å². The van der Waals surface area contributed by atoms with E-state index in [1.807, 2.05) is 0 Å². The predicted octanol–water partition coefficient (Wildman–Crippen LogP) is 2.62. The van der Waals surface area contributed by atoms with Crippen LogP contribution >= 0.6 is 0 Å². The molecule has 18 heavy (non-hydrogen) atoms. The highest BCUT2D eigenvalue weighted by Crippen LogP contribution is 2.17. The zero-order chi connectivity index (χ0) is 13.2. The average Bonchev–Trinajstić information content (AvgIpc) is 2.51. The highest BCUT2D eigenvalue weighted by Gasteiger charge is 2.34. The maximum Gasteiger partial charge on any atom is 0.360 e. The minimum Gasteiger partial charge on any atom is -0.265 e. The topological polar surface area (TPSA) is 71.1 Å². The summed E-state index contributed by atoms with van der Waals surface area (Å²) in [5.41, 5.74) is 0. The zero-order valence-electron chi connectivity index (χ0n) is 10.7. The Kier molecular flexibility index (Phi) is 7.36. The summed E-state index contributed by atoms with van der Waals surface area (Å²) >= 11 is 0.